The predicted octanol–water partition coefficient (Wildman–Crippen LogP) is 1.38. The molecular formula is C16H24N2O4S. The third-order valence-electron chi connectivity index (χ3n) is 3.83. The molecule has 0 spiro atoms. The first kappa shape index (κ1) is 17.9. The van der Waals surface area contributed by atoms with E-state index in [1.807, 2.05) is 13.8 Å². The highest BCUT2D eigenvalue weighted by Crippen LogP contribution is 2.17. The van der Waals surface area contributed by atoms with Crippen LogP contribution in [-0.4, -0.2) is 40.1 Å². The first-order valence-corrected chi connectivity index (χ1v) is 9.35. The van der Waals surface area contributed by atoms with Crippen molar-refractivity contribution < 1.29 is 17.9 Å². The fourth-order valence-electron chi connectivity index (χ4n) is 2.37. The monoisotopic (exact) mass is 340 g/mol. The van der Waals surface area contributed by atoms with Gasteiger partial charge in [0, 0.05) is 13.2 Å². The Labute approximate surface area is 137 Å². The molecule has 1 fully saturated rings. The molecule has 2 rings (SSSR count). The van der Waals surface area contributed by atoms with Crippen molar-refractivity contribution in [1.29, 1.82) is 0 Å². The Morgan fingerprint density at radius 3 is 2.57 bits per heavy atom. The zero-order valence-electron chi connectivity index (χ0n) is 13.5. The average Bonchev–Trinajstić information content (AvgIpc) is 3.04. The van der Waals surface area contributed by atoms with Crippen molar-refractivity contribution in [1.82, 2.24) is 10.0 Å². The van der Waals surface area contributed by atoms with E-state index in [9.17, 15) is 13.2 Å². The number of carbonyl (C=O) groups excluding carboxylic acids is 1. The molecule has 0 aromatic heterocycles. The molecule has 1 aromatic carbocycles. The second kappa shape index (κ2) is 7.90. The molecule has 0 bridgehead atoms. The smallest absolute Gasteiger partial charge is 0.241 e. The van der Waals surface area contributed by atoms with Crippen molar-refractivity contribution >= 4 is 15.9 Å². The number of sulfonamides is 1. The summed E-state index contributed by atoms with van der Waals surface area (Å²) in [5.74, 6) is -0.0221. The van der Waals surface area contributed by atoms with Gasteiger partial charge in [0.15, 0.2) is 0 Å². The van der Waals surface area contributed by atoms with E-state index in [0.29, 0.717) is 12.5 Å². The molecule has 1 aromatic rings. The van der Waals surface area contributed by atoms with E-state index < -0.39 is 10.0 Å². The van der Waals surface area contributed by atoms with Gasteiger partial charge in [0.25, 0.3) is 0 Å². The number of benzene rings is 1. The summed E-state index contributed by atoms with van der Waals surface area (Å²) in [4.78, 5) is 11.9. The van der Waals surface area contributed by atoms with Crippen LogP contribution in [0.4, 0.5) is 0 Å². The molecule has 1 unspecified atom stereocenters. The summed E-state index contributed by atoms with van der Waals surface area (Å²) in [6, 6.07) is 6.69. The van der Waals surface area contributed by atoms with Crippen molar-refractivity contribution in [2.45, 2.75) is 43.6 Å². The van der Waals surface area contributed by atoms with Crippen molar-refractivity contribution in [2.75, 3.05) is 19.7 Å². The van der Waals surface area contributed by atoms with Crippen LogP contribution in [0.3, 0.4) is 0 Å². The molecule has 1 heterocycles. The van der Waals surface area contributed by atoms with Gasteiger partial charge in [0.2, 0.25) is 15.9 Å². The van der Waals surface area contributed by atoms with Gasteiger partial charge in [-0.05, 0) is 36.5 Å². The van der Waals surface area contributed by atoms with Gasteiger partial charge in [-0.15, -0.1) is 0 Å². The van der Waals surface area contributed by atoms with Crippen LogP contribution in [0, 0.1) is 0 Å². The van der Waals surface area contributed by atoms with Gasteiger partial charge < -0.3 is 10.1 Å². The van der Waals surface area contributed by atoms with E-state index >= 15 is 0 Å². The number of nitrogens with one attached hydrogen (secondary N) is 2. The molecule has 23 heavy (non-hydrogen) atoms. The summed E-state index contributed by atoms with van der Waals surface area (Å²) < 4.78 is 32.0. The lowest BCUT2D eigenvalue weighted by molar-refractivity contribution is -0.120. The molecule has 1 aliphatic rings. The van der Waals surface area contributed by atoms with Crippen LogP contribution in [0.1, 0.15) is 38.2 Å². The Kier molecular flexibility index (Phi) is 6.15. The maximum absolute atomic E-state index is 12.2. The van der Waals surface area contributed by atoms with E-state index in [-0.39, 0.29) is 23.5 Å². The molecule has 7 heteroatoms. The lowest BCUT2D eigenvalue weighted by Crippen LogP contribution is -2.39. The van der Waals surface area contributed by atoms with Gasteiger partial charge in [0.1, 0.15) is 0 Å². The van der Waals surface area contributed by atoms with Crippen LogP contribution in [-0.2, 0) is 19.6 Å². The van der Waals surface area contributed by atoms with E-state index in [4.69, 9.17) is 4.74 Å². The fraction of sp³-hybridized carbons (Fsp3) is 0.562. The van der Waals surface area contributed by atoms with Gasteiger partial charge in [-0.2, -0.15) is 0 Å². The van der Waals surface area contributed by atoms with Crippen LogP contribution in [0.5, 0.6) is 0 Å². The maximum Gasteiger partial charge on any atom is 0.241 e. The highest BCUT2D eigenvalue weighted by atomic mass is 32.2. The average molecular weight is 340 g/mol. The minimum atomic E-state index is -3.68. The Bertz CT molecular complexity index is 620. The van der Waals surface area contributed by atoms with E-state index in [1.165, 1.54) is 0 Å². The minimum absolute atomic E-state index is 0.0409. The number of hydrogen-bond donors (Lipinski definition) is 2. The Morgan fingerprint density at radius 1 is 1.30 bits per heavy atom. The molecule has 6 nitrogen and oxygen atoms in total. The summed E-state index contributed by atoms with van der Waals surface area (Å²) in [7, 11) is -3.68. The van der Waals surface area contributed by atoms with E-state index in [2.05, 4.69) is 10.0 Å². The quantitative estimate of drug-likeness (QED) is 0.785. The molecule has 1 aliphatic heterocycles. The van der Waals surface area contributed by atoms with Crippen LogP contribution < -0.4 is 10.0 Å². The van der Waals surface area contributed by atoms with Gasteiger partial charge in [-0.25, -0.2) is 13.1 Å². The third kappa shape index (κ3) is 5.30. The SMILES string of the molecule is CC(C)c1ccc(S(=O)(=O)NCC(=O)NCC2CCCO2)cc1. The van der Waals surface area contributed by atoms with Crippen LogP contribution in [0.2, 0.25) is 0 Å². The standard InChI is InChI=1S/C16H24N2O4S/c1-12(2)13-5-7-15(8-6-13)23(20,21)18-11-16(19)17-10-14-4-3-9-22-14/h5-8,12,14,18H,3-4,9-11H2,1-2H3,(H,17,19). The number of rotatable bonds is 7. The van der Waals surface area contributed by atoms with Gasteiger partial charge in [-0.1, -0.05) is 26.0 Å². The van der Waals surface area contributed by atoms with Gasteiger partial charge in [0.05, 0.1) is 17.5 Å². The normalized spacial score (nSPS) is 18.3. The second-order valence-corrected chi connectivity index (χ2v) is 7.75. The van der Waals surface area contributed by atoms with Crippen molar-refractivity contribution in [2.24, 2.45) is 0 Å². The topological polar surface area (TPSA) is 84.5 Å². The number of hydrogen-bond acceptors (Lipinski definition) is 4. The number of carbonyl (C=O) groups is 1. The molecule has 2 N–H and O–H groups in total. The molecule has 0 saturated carbocycles. The van der Waals surface area contributed by atoms with Gasteiger partial charge in [-0.3, -0.25) is 4.79 Å². The Balaban J connectivity index is 1.84. The second-order valence-electron chi connectivity index (χ2n) is 5.99. The maximum atomic E-state index is 12.2. The van der Waals surface area contributed by atoms with Gasteiger partial charge >= 0.3 is 0 Å². The molecule has 128 valence electrons. The van der Waals surface area contributed by atoms with Crippen LogP contribution >= 0.6 is 0 Å². The summed E-state index contributed by atoms with van der Waals surface area (Å²) in [5, 5.41) is 2.68. The third-order valence-corrected chi connectivity index (χ3v) is 5.25. The van der Waals surface area contributed by atoms with E-state index in [1.54, 1.807) is 24.3 Å². The summed E-state index contributed by atoms with van der Waals surface area (Å²) in [6.45, 7) is 4.95. The van der Waals surface area contributed by atoms with Crippen molar-refractivity contribution in [3.8, 4) is 0 Å². The van der Waals surface area contributed by atoms with Crippen LogP contribution in [0.25, 0.3) is 0 Å². The molecule has 1 atom stereocenters. The molecular weight excluding hydrogens is 316 g/mol. The first-order valence-electron chi connectivity index (χ1n) is 7.86. The molecule has 0 aliphatic carbocycles. The summed E-state index contributed by atoms with van der Waals surface area (Å²) >= 11 is 0. The zero-order chi connectivity index (χ0) is 16.9. The fourth-order valence-corrected chi connectivity index (χ4v) is 3.35. The number of amides is 1. The lowest BCUT2D eigenvalue weighted by atomic mass is 10.0. The minimum Gasteiger partial charge on any atom is -0.376 e. The Hall–Kier alpha value is -1.44. The summed E-state index contributed by atoms with van der Waals surface area (Å²) in [5.41, 5.74) is 1.07. The molecule has 0 radical (unpaired) electrons. The highest BCUT2D eigenvalue weighted by Gasteiger charge is 2.18. The van der Waals surface area contributed by atoms with E-state index in [0.717, 1.165) is 25.0 Å². The highest BCUT2D eigenvalue weighted by molar-refractivity contribution is 7.89. The first-order chi connectivity index (χ1) is 10.9. The molecule has 1 amide bonds. The predicted molar refractivity (Wildman–Crippen MR) is 87.7 cm³/mol. The van der Waals surface area contributed by atoms with Crippen molar-refractivity contribution in [3.05, 3.63) is 29.8 Å². The Morgan fingerprint density at radius 2 is 2.00 bits per heavy atom. The zero-order valence-corrected chi connectivity index (χ0v) is 14.4. The lowest BCUT2D eigenvalue weighted by Gasteiger charge is -2.12. The largest absolute Gasteiger partial charge is 0.376 e. The number of ether oxygens (including phenoxy) is 1. The summed E-state index contributed by atoms with van der Waals surface area (Å²) in [6.07, 6.45) is 1.97. The van der Waals surface area contributed by atoms with Crippen molar-refractivity contribution in [3.63, 3.8) is 0 Å². The van der Waals surface area contributed by atoms with Crippen LogP contribution in [0.15, 0.2) is 29.2 Å². The molecule has 1 saturated heterocycles.